The summed E-state index contributed by atoms with van der Waals surface area (Å²) < 4.78 is 39.7. The van der Waals surface area contributed by atoms with E-state index in [-0.39, 0.29) is 10.7 Å². The Morgan fingerprint density at radius 3 is 2.47 bits per heavy atom. The second-order valence-electron chi connectivity index (χ2n) is 3.77. The van der Waals surface area contributed by atoms with E-state index in [9.17, 15) is 12.8 Å². The highest BCUT2D eigenvalue weighted by molar-refractivity contribution is 7.92. The normalized spacial score (nSPS) is 11.3. The fourth-order valence-corrected chi connectivity index (χ4v) is 2.77. The van der Waals surface area contributed by atoms with Crippen molar-refractivity contribution in [2.75, 3.05) is 10.5 Å². The molecule has 3 N–H and O–H groups in total. The molecule has 0 fully saturated rings. The van der Waals surface area contributed by atoms with Crippen LogP contribution in [-0.4, -0.2) is 8.42 Å². The van der Waals surface area contributed by atoms with Crippen LogP contribution in [0.3, 0.4) is 0 Å². The second kappa shape index (κ2) is 5.07. The van der Waals surface area contributed by atoms with Crippen molar-refractivity contribution in [3.63, 3.8) is 0 Å². The zero-order valence-corrected chi connectivity index (χ0v) is 11.2. The standard InChI is InChI=1S/C12H10ClFN2O2S/c13-9-7-8(5-6-11(9)15)16-19(17,18)12-4-2-1-3-10(12)14/h1-7,16H,15H2. The van der Waals surface area contributed by atoms with E-state index in [0.29, 0.717) is 5.69 Å². The van der Waals surface area contributed by atoms with E-state index in [2.05, 4.69) is 4.72 Å². The fraction of sp³-hybridized carbons (Fsp3) is 0. The largest absolute Gasteiger partial charge is 0.398 e. The lowest BCUT2D eigenvalue weighted by Crippen LogP contribution is -2.14. The first-order valence-electron chi connectivity index (χ1n) is 5.22. The summed E-state index contributed by atoms with van der Waals surface area (Å²) in [6, 6.07) is 9.36. The molecule has 2 aromatic carbocycles. The van der Waals surface area contributed by atoms with E-state index >= 15 is 0 Å². The topological polar surface area (TPSA) is 72.2 Å². The first kappa shape index (κ1) is 13.6. The maximum atomic E-state index is 13.5. The van der Waals surface area contributed by atoms with E-state index < -0.39 is 20.7 Å². The molecule has 7 heteroatoms. The van der Waals surface area contributed by atoms with Gasteiger partial charge in [-0.1, -0.05) is 23.7 Å². The summed E-state index contributed by atoms with van der Waals surface area (Å²) in [6.07, 6.45) is 0. The van der Waals surface area contributed by atoms with Gasteiger partial charge in [0, 0.05) is 0 Å². The third-order valence-corrected chi connectivity index (χ3v) is 4.12. The Balaban J connectivity index is 2.37. The third kappa shape index (κ3) is 2.97. The predicted molar refractivity (Wildman–Crippen MR) is 73.1 cm³/mol. The van der Waals surface area contributed by atoms with Crippen LogP contribution in [0.2, 0.25) is 5.02 Å². The number of hydrogen-bond donors (Lipinski definition) is 2. The number of halogens is 2. The molecule has 0 amide bonds. The van der Waals surface area contributed by atoms with Crippen LogP contribution in [0.25, 0.3) is 0 Å². The number of anilines is 2. The van der Waals surface area contributed by atoms with Gasteiger partial charge in [-0.3, -0.25) is 4.72 Å². The highest BCUT2D eigenvalue weighted by Gasteiger charge is 2.18. The smallest absolute Gasteiger partial charge is 0.264 e. The van der Waals surface area contributed by atoms with Gasteiger partial charge in [0.2, 0.25) is 0 Å². The number of nitrogen functional groups attached to an aromatic ring is 1. The van der Waals surface area contributed by atoms with E-state index in [1.54, 1.807) is 0 Å². The molecule has 0 atom stereocenters. The Kier molecular flexibility index (Phi) is 3.64. The maximum Gasteiger partial charge on any atom is 0.264 e. The molecule has 2 rings (SSSR count). The van der Waals surface area contributed by atoms with Crippen LogP contribution in [-0.2, 0) is 10.0 Å². The molecule has 0 bridgehead atoms. The van der Waals surface area contributed by atoms with Gasteiger partial charge in [0.1, 0.15) is 10.7 Å². The van der Waals surface area contributed by atoms with Gasteiger partial charge in [0.15, 0.2) is 0 Å². The van der Waals surface area contributed by atoms with Crippen molar-refractivity contribution in [1.82, 2.24) is 0 Å². The quantitative estimate of drug-likeness (QED) is 0.856. The van der Waals surface area contributed by atoms with Gasteiger partial charge in [-0.05, 0) is 30.3 Å². The molecular weight excluding hydrogens is 291 g/mol. The fourth-order valence-electron chi connectivity index (χ4n) is 1.46. The van der Waals surface area contributed by atoms with Gasteiger partial charge in [-0.25, -0.2) is 12.8 Å². The van der Waals surface area contributed by atoms with Gasteiger partial charge in [-0.15, -0.1) is 0 Å². The summed E-state index contributed by atoms with van der Waals surface area (Å²) in [5.41, 5.74) is 6.06. The van der Waals surface area contributed by atoms with Crippen molar-refractivity contribution in [2.24, 2.45) is 0 Å². The number of nitrogens with two attached hydrogens (primary N) is 1. The molecule has 0 unspecified atom stereocenters. The molecule has 0 radical (unpaired) electrons. The summed E-state index contributed by atoms with van der Waals surface area (Å²) in [5.74, 6) is -0.823. The highest BCUT2D eigenvalue weighted by atomic mass is 35.5. The van der Waals surface area contributed by atoms with Crippen LogP contribution in [0.4, 0.5) is 15.8 Å². The molecule has 0 aromatic heterocycles. The number of sulfonamides is 1. The molecule has 0 heterocycles. The molecule has 0 aliphatic rings. The minimum absolute atomic E-state index is 0.211. The van der Waals surface area contributed by atoms with Crippen LogP contribution in [0.1, 0.15) is 0 Å². The molecule has 0 aliphatic heterocycles. The predicted octanol–water partition coefficient (Wildman–Crippen LogP) is 2.86. The van der Waals surface area contributed by atoms with Crippen molar-refractivity contribution in [1.29, 1.82) is 0 Å². The van der Waals surface area contributed by atoms with Crippen LogP contribution >= 0.6 is 11.6 Å². The van der Waals surface area contributed by atoms with Crippen molar-refractivity contribution >= 4 is 33.0 Å². The Bertz CT molecular complexity index is 719. The molecule has 0 spiro atoms. The average Bonchev–Trinajstić information content (AvgIpc) is 2.34. The van der Waals surface area contributed by atoms with E-state index in [4.69, 9.17) is 17.3 Å². The Morgan fingerprint density at radius 2 is 1.84 bits per heavy atom. The number of hydrogen-bond acceptors (Lipinski definition) is 3. The lowest BCUT2D eigenvalue weighted by molar-refractivity contribution is 0.570. The van der Waals surface area contributed by atoms with Crippen molar-refractivity contribution in [3.8, 4) is 0 Å². The van der Waals surface area contributed by atoms with Crippen LogP contribution in [0, 0.1) is 5.82 Å². The van der Waals surface area contributed by atoms with E-state index in [1.165, 1.54) is 36.4 Å². The molecule has 19 heavy (non-hydrogen) atoms. The van der Waals surface area contributed by atoms with E-state index in [1.807, 2.05) is 0 Å². The zero-order valence-electron chi connectivity index (χ0n) is 9.60. The molecular formula is C12H10ClFN2O2S. The first-order chi connectivity index (χ1) is 8.90. The Morgan fingerprint density at radius 1 is 1.16 bits per heavy atom. The van der Waals surface area contributed by atoms with Crippen LogP contribution in [0.15, 0.2) is 47.4 Å². The third-order valence-electron chi connectivity index (χ3n) is 2.38. The molecule has 0 saturated carbocycles. The minimum atomic E-state index is -4.00. The molecule has 2 aromatic rings. The molecule has 0 aliphatic carbocycles. The lowest BCUT2D eigenvalue weighted by atomic mass is 10.3. The van der Waals surface area contributed by atoms with Gasteiger partial charge in [0.25, 0.3) is 10.0 Å². The summed E-state index contributed by atoms with van der Waals surface area (Å²) in [7, 11) is -4.00. The number of rotatable bonds is 3. The van der Waals surface area contributed by atoms with Crippen molar-refractivity contribution in [2.45, 2.75) is 4.90 Å². The summed E-state index contributed by atoms with van der Waals surface area (Å²) in [4.78, 5) is -0.428. The maximum absolute atomic E-state index is 13.5. The summed E-state index contributed by atoms with van der Waals surface area (Å²) >= 11 is 5.79. The SMILES string of the molecule is Nc1ccc(NS(=O)(=O)c2ccccc2F)cc1Cl. The van der Waals surface area contributed by atoms with Gasteiger partial charge in [-0.2, -0.15) is 0 Å². The molecule has 4 nitrogen and oxygen atoms in total. The van der Waals surface area contributed by atoms with Crippen molar-refractivity contribution in [3.05, 3.63) is 53.3 Å². The van der Waals surface area contributed by atoms with Crippen LogP contribution < -0.4 is 10.5 Å². The minimum Gasteiger partial charge on any atom is -0.398 e. The van der Waals surface area contributed by atoms with Gasteiger partial charge < -0.3 is 5.73 Å². The lowest BCUT2D eigenvalue weighted by Gasteiger charge is -2.09. The summed E-state index contributed by atoms with van der Waals surface area (Å²) in [6.45, 7) is 0. The average molecular weight is 301 g/mol. The Hall–Kier alpha value is -1.79. The molecule has 100 valence electrons. The van der Waals surface area contributed by atoms with Crippen LogP contribution in [0.5, 0.6) is 0 Å². The van der Waals surface area contributed by atoms with E-state index in [0.717, 1.165) is 6.07 Å². The number of nitrogens with one attached hydrogen (secondary N) is 1. The highest BCUT2D eigenvalue weighted by Crippen LogP contribution is 2.25. The van der Waals surface area contributed by atoms with Gasteiger partial charge >= 0.3 is 0 Å². The second-order valence-corrected chi connectivity index (χ2v) is 5.83. The van der Waals surface area contributed by atoms with Crippen molar-refractivity contribution < 1.29 is 12.8 Å². The number of benzene rings is 2. The first-order valence-corrected chi connectivity index (χ1v) is 7.08. The van der Waals surface area contributed by atoms with Gasteiger partial charge in [0.05, 0.1) is 16.4 Å². The molecule has 0 saturated heterocycles. The zero-order chi connectivity index (χ0) is 14.0. The monoisotopic (exact) mass is 300 g/mol. The summed E-state index contributed by atoms with van der Waals surface area (Å²) in [5, 5.41) is 0.216. The Labute approximate surface area is 115 Å².